The largest absolute Gasteiger partial charge is 0.364 e. The Morgan fingerprint density at radius 3 is 2.61 bits per heavy atom. The van der Waals surface area contributed by atoms with E-state index in [4.69, 9.17) is 0 Å². The molecule has 0 spiro atoms. The topological polar surface area (TPSA) is 66.5 Å². The highest BCUT2D eigenvalue weighted by molar-refractivity contribution is 7.93. The van der Waals surface area contributed by atoms with E-state index in [1.165, 1.54) is 30.3 Å². The molecule has 166 valence electrons. The first-order valence-corrected chi connectivity index (χ1v) is 11.7. The highest BCUT2D eigenvalue weighted by atomic mass is 32.2. The van der Waals surface area contributed by atoms with Crippen molar-refractivity contribution < 1.29 is 26.4 Å². The van der Waals surface area contributed by atoms with Gasteiger partial charge in [-0.3, -0.25) is 4.79 Å². The summed E-state index contributed by atoms with van der Waals surface area (Å²) >= 11 is 0. The molecule has 2 aromatic carbocycles. The third-order valence-electron chi connectivity index (χ3n) is 5.10. The number of amides is 1. The maximum atomic E-state index is 14.7. The molecule has 9 heteroatoms. The van der Waals surface area contributed by atoms with Gasteiger partial charge in [-0.25, -0.2) is 21.6 Å². The van der Waals surface area contributed by atoms with E-state index in [0.717, 1.165) is 24.2 Å². The van der Waals surface area contributed by atoms with E-state index in [1.54, 1.807) is 17.9 Å². The number of anilines is 1. The van der Waals surface area contributed by atoms with Gasteiger partial charge in [-0.2, -0.15) is 0 Å². The number of rotatable bonds is 6. The van der Waals surface area contributed by atoms with Gasteiger partial charge in [0.1, 0.15) is 5.82 Å². The molecule has 31 heavy (non-hydrogen) atoms. The summed E-state index contributed by atoms with van der Waals surface area (Å²) in [5.74, 6) is -3.29. The first-order chi connectivity index (χ1) is 14.6. The van der Waals surface area contributed by atoms with Gasteiger partial charge >= 0.3 is 0 Å². The van der Waals surface area contributed by atoms with Crippen molar-refractivity contribution in [3.63, 3.8) is 0 Å². The van der Waals surface area contributed by atoms with Crippen LogP contribution in [0.25, 0.3) is 0 Å². The van der Waals surface area contributed by atoms with Gasteiger partial charge in [0.15, 0.2) is 21.5 Å². The fourth-order valence-electron chi connectivity index (χ4n) is 3.64. The molecule has 1 amide bonds. The molecule has 1 heterocycles. The van der Waals surface area contributed by atoms with Crippen LogP contribution in [0.15, 0.2) is 47.9 Å². The minimum atomic E-state index is -3.34. The SMILES string of the molecule is C[C@H](/C=C/S(C)(=O)=O)NC(=O)c1ccc(N2CCCC2c2cccc(F)c2F)cc1F. The van der Waals surface area contributed by atoms with Gasteiger partial charge in [-0.05, 0) is 44.0 Å². The number of carbonyl (C=O) groups is 1. The highest BCUT2D eigenvalue weighted by Crippen LogP contribution is 2.38. The van der Waals surface area contributed by atoms with E-state index in [0.29, 0.717) is 18.7 Å². The van der Waals surface area contributed by atoms with E-state index in [-0.39, 0.29) is 11.1 Å². The van der Waals surface area contributed by atoms with Crippen LogP contribution in [0, 0.1) is 17.5 Å². The fourth-order valence-corrected chi connectivity index (χ4v) is 4.16. The fraction of sp³-hybridized carbons (Fsp3) is 0.318. The van der Waals surface area contributed by atoms with Crippen LogP contribution in [0.5, 0.6) is 0 Å². The van der Waals surface area contributed by atoms with Crippen molar-refractivity contribution in [3.05, 3.63) is 76.5 Å². The van der Waals surface area contributed by atoms with Gasteiger partial charge in [-0.1, -0.05) is 18.2 Å². The number of halogens is 3. The molecular weight excluding hydrogens is 429 g/mol. The van der Waals surface area contributed by atoms with Crippen LogP contribution < -0.4 is 10.2 Å². The van der Waals surface area contributed by atoms with Crippen molar-refractivity contribution >= 4 is 21.4 Å². The molecular formula is C22H23F3N2O3S. The number of hydrogen-bond donors (Lipinski definition) is 1. The standard InChI is InChI=1S/C22H23F3N2O3S/c1-14(10-12-31(2,29)30)26-22(28)16-9-8-15(13-19(16)24)27-11-4-7-20(27)17-5-3-6-18(23)21(17)25/h3,5-6,8-10,12-14,20H,4,7,11H2,1-2H3,(H,26,28)/b12-10+/t14-,20?/m1/s1. The van der Waals surface area contributed by atoms with E-state index in [2.05, 4.69) is 5.32 Å². The van der Waals surface area contributed by atoms with Crippen LogP contribution in [0.3, 0.4) is 0 Å². The summed E-state index contributed by atoms with van der Waals surface area (Å²) in [7, 11) is -3.34. The highest BCUT2D eigenvalue weighted by Gasteiger charge is 2.30. The molecule has 1 saturated heterocycles. The molecule has 0 aliphatic carbocycles. The van der Waals surface area contributed by atoms with Gasteiger partial charge in [0.05, 0.1) is 11.6 Å². The number of nitrogens with zero attached hydrogens (tertiary/aromatic N) is 1. The minimum absolute atomic E-state index is 0.198. The maximum Gasteiger partial charge on any atom is 0.254 e. The summed E-state index contributed by atoms with van der Waals surface area (Å²) in [5, 5.41) is 3.48. The number of hydrogen-bond acceptors (Lipinski definition) is 4. The van der Waals surface area contributed by atoms with Crippen molar-refractivity contribution in [2.45, 2.75) is 31.8 Å². The Labute approximate surface area is 179 Å². The molecule has 1 aliphatic rings. The molecule has 3 rings (SSSR count). The monoisotopic (exact) mass is 452 g/mol. The van der Waals surface area contributed by atoms with E-state index < -0.39 is 45.3 Å². The summed E-state index contributed by atoms with van der Waals surface area (Å²) in [6, 6.07) is 7.03. The number of nitrogens with one attached hydrogen (secondary N) is 1. The van der Waals surface area contributed by atoms with Crippen molar-refractivity contribution in [2.24, 2.45) is 0 Å². The average Bonchev–Trinajstić information content (AvgIpc) is 3.17. The minimum Gasteiger partial charge on any atom is -0.364 e. The predicted octanol–water partition coefficient (Wildman–Crippen LogP) is 4.12. The quantitative estimate of drug-likeness (QED) is 0.716. The van der Waals surface area contributed by atoms with E-state index in [9.17, 15) is 26.4 Å². The average molecular weight is 452 g/mol. The predicted molar refractivity (Wildman–Crippen MR) is 113 cm³/mol. The van der Waals surface area contributed by atoms with Gasteiger partial charge < -0.3 is 10.2 Å². The second-order valence-electron chi connectivity index (χ2n) is 7.58. The molecule has 1 N–H and O–H groups in total. The molecule has 2 aromatic rings. The molecule has 5 nitrogen and oxygen atoms in total. The van der Waals surface area contributed by atoms with Crippen LogP contribution >= 0.6 is 0 Å². The molecule has 0 saturated carbocycles. The summed E-state index contributed by atoms with van der Waals surface area (Å²) in [4.78, 5) is 14.2. The van der Waals surface area contributed by atoms with Crippen molar-refractivity contribution in [3.8, 4) is 0 Å². The molecule has 1 aliphatic heterocycles. The Kier molecular flexibility index (Phi) is 6.74. The van der Waals surface area contributed by atoms with Crippen molar-refractivity contribution in [2.75, 3.05) is 17.7 Å². The Morgan fingerprint density at radius 1 is 1.19 bits per heavy atom. The lowest BCUT2D eigenvalue weighted by Gasteiger charge is -2.28. The van der Waals surface area contributed by atoms with E-state index >= 15 is 0 Å². The van der Waals surface area contributed by atoms with Gasteiger partial charge in [0.25, 0.3) is 5.91 Å². The molecule has 1 unspecified atom stereocenters. The zero-order valence-corrected chi connectivity index (χ0v) is 17.9. The first-order valence-electron chi connectivity index (χ1n) is 9.76. The second kappa shape index (κ2) is 9.13. The van der Waals surface area contributed by atoms with Crippen LogP contribution in [-0.4, -0.2) is 33.2 Å². The van der Waals surface area contributed by atoms with Gasteiger partial charge in [0.2, 0.25) is 0 Å². The van der Waals surface area contributed by atoms with Gasteiger partial charge in [-0.15, -0.1) is 0 Å². The summed E-state index contributed by atoms with van der Waals surface area (Å²) in [5.41, 5.74) is 0.479. The zero-order chi connectivity index (χ0) is 22.8. The molecule has 2 atom stereocenters. The third-order valence-corrected chi connectivity index (χ3v) is 5.75. The van der Waals surface area contributed by atoms with Crippen LogP contribution in [0.2, 0.25) is 0 Å². The first kappa shape index (κ1) is 22.9. The molecule has 0 bridgehead atoms. The van der Waals surface area contributed by atoms with Crippen LogP contribution in [-0.2, 0) is 9.84 Å². The Morgan fingerprint density at radius 2 is 1.94 bits per heavy atom. The van der Waals surface area contributed by atoms with Crippen molar-refractivity contribution in [1.29, 1.82) is 0 Å². The summed E-state index contributed by atoms with van der Waals surface area (Å²) in [6.07, 6.45) is 3.64. The van der Waals surface area contributed by atoms with Crippen molar-refractivity contribution in [1.82, 2.24) is 5.32 Å². The lowest BCUT2D eigenvalue weighted by atomic mass is 10.0. The van der Waals surface area contributed by atoms with Gasteiger partial charge in [0, 0.05) is 35.5 Å². The molecule has 0 radical (unpaired) electrons. The number of carbonyl (C=O) groups excluding carboxylic acids is 1. The molecule has 0 aromatic heterocycles. The summed E-state index contributed by atoms with van der Waals surface area (Å²) in [6.45, 7) is 2.10. The lowest BCUT2D eigenvalue weighted by molar-refractivity contribution is 0.0943. The van der Waals surface area contributed by atoms with Crippen LogP contribution in [0.1, 0.15) is 41.7 Å². The maximum absolute atomic E-state index is 14.7. The zero-order valence-electron chi connectivity index (χ0n) is 17.1. The Balaban J connectivity index is 1.79. The molecule has 1 fully saturated rings. The normalized spacial score (nSPS) is 17.8. The van der Waals surface area contributed by atoms with Crippen LogP contribution in [0.4, 0.5) is 18.9 Å². The second-order valence-corrected chi connectivity index (χ2v) is 9.51. The van der Waals surface area contributed by atoms with E-state index in [1.807, 2.05) is 0 Å². The third kappa shape index (κ3) is 5.46. The Bertz CT molecular complexity index is 1120. The number of sulfone groups is 1. The number of benzene rings is 2. The lowest BCUT2D eigenvalue weighted by Crippen LogP contribution is -2.32. The Hall–Kier alpha value is -2.81. The smallest absolute Gasteiger partial charge is 0.254 e. The summed E-state index contributed by atoms with van der Waals surface area (Å²) < 4.78 is 65.0.